The van der Waals surface area contributed by atoms with Gasteiger partial charge in [0.1, 0.15) is 11.6 Å². The van der Waals surface area contributed by atoms with Crippen molar-refractivity contribution in [3.05, 3.63) is 0 Å². The molecule has 0 radical (unpaired) electrons. The van der Waals surface area contributed by atoms with Crippen molar-refractivity contribution in [1.82, 2.24) is 5.32 Å². The van der Waals surface area contributed by atoms with Crippen molar-refractivity contribution in [3.63, 3.8) is 0 Å². The lowest BCUT2D eigenvalue weighted by atomic mass is 10.0. The number of carboxylic acid groups (broad SMARTS) is 1. The molecule has 0 aromatic heterocycles. The van der Waals surface area contributed by atoms with Gasteiger partial charge in [-0.2, -0.15) is 11.8 Å². The molecule has 2 atom stereocenters. The van der Waals surface area contributed by atoms with Crippen LogP contribution in [0.3, 0.4) is 0 Å². The number of ether oxygens (including phenoxy) is 1. The summed E-state index contributed by atoms with van der Waals surface area (Å²) in [6.07, 6.45) is 1.67. The van der Waals surface area contributed by atoms with Crippen LogP contribution < -0.4 is 5.32 Å². The highest BCUT2D eigenvalue weighted by Crippen LogP contribution is 2.33. The van der Waals surface area contributed by atoms with Crippen molar-refractivity contribution in [2.45, 2.75) is 70.3 Å². The number of hydrogen-bond donors (Lipinski definition) is 3. The van der Waals surface area contributed by atoms with Crippen LogP contribution in [0.1, 0.15) is 53.9 Å². The highest BCUT2D eigenvalue weighted by atomic mass is 32.2. The standard InChI is InChI=1S/C15H29NO5S/c1-6-7-15(5,8-9-17)22-10-11(12(18)19)16-13(20)21-14(2,3)4/h11,17H,6-10H2,1-5H3,(H,16,20)(H,18,19). The lowest BCUT2D eigenvalue weighted by molar-refractivity contribution is -0.138. The highest BCUT2D eigenvalue weighted by molar-refractivity contribution is 8.00. The molecule has 2 unspecified atom stereocenters. The number of rotatable bonds is 9. The van der Waals surface area contributed by atoms with Crippen LogP contribution in [0.2, 0.25) is 0 Å². The fourth-order valence-corrected chi connectivity index (χ4v) is 3.32. The predicted octanol–water partition coefficient (Wildman–Crippen LogP) is 2.64. The van der Waals surface area contributed by atoms with E-state index in [4.69, 9.17) is 9.84 Å². The number of alkyl carbamates (subject to hydrolysis) is 1. The Morgan fingerprint density at radius 1 is 1.23 bits per heavy atom. The summed E-state index contributed by atoms with van der Waals surface area (Å²) in [7, 11) is 0. The van der Waals surface area contributed by atoms with Gasteiger partial charge in [-0.15, -0.1) is 0 Å². The SMILES string of the molecule is CCCC(C)(CCO)SCC(NC(=O)OC(C)(C)C)C(=O)O. The zero-order chi connectivity index (χ0) is 17.4. The largest absolute Gasteiger partial charge is 0.480 e. The summed E-state index contributed by atoms with van der Waals surface area (Å²) in [6.45, 7) is 9.26. The van der Waals surface area contributed by atoms with Gasteiger partial charge in [-0.05, 0) is 33.6 Å². The topological polar surface area (TPSA) is 95.9 Å². The van der Waals surface area contributed by atoms with Crippen molar-refractivity contribution in [1.29, 1.82) is 0 Å². The molecule has 0 aromatic rings. The van der Waals surface area contributed by atoms with Crippen molar-refractivity contribution >= 4 is 23.8 Å². The molecule has 0 aliphatic heterocycles. The fraction of sp³-hybridized carbons (Fsp3) is 0.867. The molecular formula is C15H29NO5S. The normalized spacial score (nSPS) is 15.7. The van der Waals surface area contributed by atoms with E-state index in [0.717, 1.165) is 12.8 Å². The van der Waals surface area contributed by atoms with Crippen LogP contribution >= 0.6 is 11.8 Å². The number of aliphatic hydroxyl groups is 1. The monoisotopic (exact) mass is 335 g/mol. The lowest BCUT2D eigenvalue weighted by Gasteiger charge is -2.29. The molecule has 0 spiro atoms. The number of nitrogens with one attached hydrogen (secondary N) is 1. The quantitative estimate of drug-likeness (QED) is 0.599. The maximum absolute atomic E-state index is 11.7. The number of aliphatic carboxylic acids is 1. The van der Waals surface area contributed by atoms with E-state index < -0.39 is 23.7 Å². The van der Waals surface area contributed by atoms with Gasteiger partial charge in [0.05, 0.1) is 0 Å². The Hall–Kier alpha value is -0.950. The second-order valence-electron chi connectivity index (χ2n) is 6.52. The molecule has 7 heteroatoms. The summed E-state index contributed by atoms with van der Waals surface area (Å²) in [5.41, 5.74) is -0.673. The molecule has 0 saturated carbocycles. The van der Waals surface area contributed by atoms with Crippen LogP contribution in [0.4, 0.5) is 4.79 Å². The molecule has 0 saturated heterocycles. The molecule has 0 aliphatic carbocycles. The number of amides is 1. The molecule has 0 aliphatic rings. The van der Waals surface area contributed by atoms with E-state index in [0.29, 0.717) is 6.42 Å². The molecule has 1 amide bonds. The Balaban J connectivity index is 4.64. The molecule has 22 heavy (non-hydrogen) atoms. The van der Waals surface area contributed by atoms with E-state index in [1.165, 1.54) is 11.8 Å². The smallest absolute Gasteiger partial charge is 0.408 e. The van der Waals surface area contributed by atoms with Crippen molar-refractivity contribution < 1.29 is 24.5 Å². The first-order valence-electron chi connectivity index (χ1n) is 7.50. The molecule has 130 valence electrons. The maximum atomic E-state index is 11.7. The van der Waals surface area contributed by atoms with Gasteiger partial charge in [-0.1, -0.05) is 20.3 Å². The average Bonchev–Trinajstić information content (AvgIpc) is 2.32. The number of hydrogen-bond acceptors (Lipinski definition) is 5. The van der Waals surface area contributed by atoms with E-state index in [-0.39, 0.29) is 17.1 Å². The summed E-state index contributed by atoms with van der Waals surface area (Å²) < 4.78 is 4.88. The van der Waals surface area contributed by atoms with Crippen LogP contribution in [-0.4, -0.2) is 51.0 Å². The van der Waals surface area contributed by atoms with Crippen molar-refractivity contribution in [2.24, 2.45) is 0 Å². The van der Waals surface area contributed by atoms with Gasteiger partial charge in [0, 0.05) is 17.1 Å². The second kappa shape index (κ2) is 9.25. The Kier molecular flexibility index (Phi) is 8.85. The average molecular weight is 335 g/mol. The number of carbonyl (C=O) groups is 2. The molecular weight excluding hydrogens is 306 g/mol. The van der Waals surface area contributed by atoms with E-state index in [2.05, 4.69) is 5.32 Å². The van der Waals surface area contributed by atoms with Crippen LogP contribution in [0.25, 0.3) is 0 Å². The summed E-state index contributed by atoms with van der Waals surface area (Å²) in [5.74, 6) is -0.869. The minimum Gasteiger partial charge on any atom is -0.480 e. The number of thioether (sulfide) groups is 1. The van der Waals surface area contributed by atoms with Gasteiger partial charge in [0.15, 0.2) is 0 Å². The highest BCUT2D eigenvalue weighted by Gasteiger charge is 2.29. The van der Waals surface area contributed by atoms with Gasteiger partial charge in [-0.25, -0.2) is 9.59 Å². The van der Waals surface area contributed by atoms with Gasteiger partial charge in [0.25, 0.3) is 0 Å². The van der Waals surface area contributed by atoms with Gasteiger partial charge in [-0.3, -0.25) is 0 Å². The molecule has 0 heterocycles. The summed E-state index contributed by atoms with van der Waals surface area (Å²) in [4.78, 5) is 23.0. The van der Waals surface area contributed by atoms with Gasteiger partial charge in [0.2, 0.25) is 0 Å². The van der Waals surface area contributed by atoms with Gasteiger partial charge < -0.3 is 20.3 Å². The first-order chi connectivity index (χ1) is 10.0. The summed E-state index contributed by atoms with van der Waals surface area (Å²) in [5, 5.41) is 20.8. The maximum Gasteiger partial charge on any atom is 0.408 e. The molecule has 6 nitrogen and oxygen atoms in total. The molecule has 0 rings (SSSR count). The lowest BCUT2D eigenvalue weighted by Crippen LogP contribution is -2.45. The van der Waals surface area contributed by atoms with Crippen LogP contribution in [0, 0.1) is 0 Å². The third-order valence-corrected chi connectivity index (χ3v) is 4.61. The molecule has 0 fully saturated rings. The second-order valence-corrected chi connectivity index (χ2v) is 8.13. The Labute approximate surface area is 137 Å². The Bertz CT molecular complexity index is 361. The number of aliphatic hydroxyl groups excluding tert-OH is 1. The Morgan fingerprint density at radius 2 is 1.82 bits per heavy atom. The minimum absolute atomic E-state index is 0.0563. The number of carbonyl (C=O) groups excluding carboxylic acids is 1. The van der Waals surface area contributed by atoms with Crippen LogP contribution in [0.15, 0.2) is 0 Å². The third-order valence-electron chi connectivity index (χ3n) is 3.01. The number of carboxylic acids is 1. The minimum atomic E-state index is -1.10. The molecule has 0 aromatic carbocycles. The van der Waals surface area contributed by atoms with E-state index in [9.17, 15) is 14.7 Å². The van der Waals surface area contributed by atoms with E-state index in [1.807, 2.05) is 13.8 Å². The predicted molar refractivity (Wildman–Crippen MR) is 88.3 cm³/mol. The first kappa shape index (κ1) is 21.0. The van der Waals surface area contributed by atoms with Crippen LogP contribution in [-0.2, 0) is 9.53 Å². The molecule has 3 N–H and O–H groups in total. The summed E-state index contributed by atoms with van der Waals surface area (Å²) in [6, 6.07) is -1.02. The van der Waals surface area contributed by atoms with E-state index in [1.54, 1.807) is 20.8 Å². The fourth-order valence-electron chi connectivity index (χ4n) is 1.94. The molecule has 0 bridgehead atoms. The first-order valence-corrected chi connectivity index (χ1v) is 8.48. The van der Waals surface area contributed by atoms with Gasteiger partial charge >= 0.3 is 12.1 Å². The zero-order valence-electron chi connectivity index (χ0n) is 14.1. The Morgan fingerprint density at radius 3 is 2.23 bits per heavy atom. The third kappa shape index (κ3) is 9.15. The summed E-state index contributed by atoms with van der Waals surface area (Å²) >= 11 is 1.46. The van der Waals surface area contributed by atoms with Crippen molar-refractivity contribution in [3.8, 4) is 0 Å². The van der Waals surface area contributed by atoms with Crippen molar-refractivity contribution in [2.75, 3.05) is 12.4 Å². The van der Waals surface area contributed by atoms with Crippen LogP contribution in [0.5, 0.6) is 0 Å². The zero-order valence-corrected chi connectivity index (χ0v) is 15.0. The van der Waals surface area contributed by atoms with E-state index >= 15 is 0 Å².